The third-order valence-electron chi connectivity index (χ3n) is 14.3. The number of methoxy groups -OCH3 is 1. The molecule has 0 bridgehead atoms. The van der Waals surface area contributed by atoms with E-state index in [1.165, 1.54) is 17.7 Å². The van der Waals surface area contributed by atoms with Crippen LogP contribution in [0.25, 0.3) is 10.9 Å². The van der Waals surface area contributed by atoms with E-state index in [9.17, 15) is 18.9 Å². The van der Waals surface area contributed by atoms with E-state index in [2.05, 4.69) is 70.7 Å². The van der Waals surface area contributed by atoms with Gasteiger partial charge >= 0.3 is 0 Å². The van der Waals surface area contributed by atoms with Crippen LogP contribution in [0.3, 0.4) is 0 Å². The Labute approximate surface area is 409 Å². The molecule has 5 aromatic rings. The predicted octanol–water partition coefficient (Wildman–Crippen LogP) is 8.90. The van der Waals surface area contributed by atoms with Crippen LogP contribution >= 0.6 is 23.1 Å². The first-order chi connectivity index (χ1) is 33.1. The van der Waals surface area contributed by atoms with Gasteiger partial charge in [0.1, 0.15) is 30.3 Å². The summed E-state index contributed by atoms with van der Waals surface area (Å²) in [7, 11) is -1.08. The van der Waals surface area contributed by atoms with Crippen molar-refractivity contribution in [2.24, 2.45) is 5.92 Å². The van der Waals surface area contributed by atoms with E-state index < -0.39 is 36.5 Å². The Bertz CT molecular complexity index is 2840. The maximum absolute atomic E-state index is 15.2. The minimum atomic E-state index is -2.74. The Morgan fingerprint density at radius 3 is 2.32 bits per heavy atom. The second-order valence-electron chi connectivity index (χ2n) is 19.3. The molecule has 4 aliphatic rings. The Balaban J connectivity index is 0.768. The summed E-state index contributed by atoms with van der Waals surface area (Å²) in [5.74, 6) is -1.76. The average molecular weight is 1030 g/mol. The number of hydrogen-bond donors (Lipinski definition) is 3. The van der Waals surface area contributed by atoms with Crippen LogP contribution in [0, 0.1) is 24.5 Å². The fraction of sp³-hybridized carbons (Fsp3) is 0.451. The number of nitrogens with zero attached hydrogens (tertiary/aromatic N) is 6. The number of benzene rings is 3. The van der Waals surface area contributed by atoms with Gasteiger partial charge in [-0.1, -0.05) is 13.0 Å². The van der Waals surface area contributed by atoms with Gasteiger partial charge in [-0.3, -0.25) is 29.6 Å². The van der Waals surface area contributed by atoms with Crippen LogP contribution in [0.5, 0.6) is 5.75 Å². The van der Waals surface area contributed by atoms with Gasteiger partial charge in [-0.05, 0) is 134 Å². The van der Waals surface area contributed by atoms with Gasteiger partial charge in [-0.15, -0.1) is 0 Å². The molecule has 4 aliphatic heterocycles. The van der Waals surface area contributed by atoms with Crippen LogP contribution < -0.4 is 30.9 Å². The van der Waals surface area contributed by atoms with Crippen molar-refractivity contribution in [3.05, 3.63) is 93.2 Å². The molecule has 4 fully saturated rings. The second-order valence-corrected chi connectivity index (χ2v) is 23.3. The van der Waals surface area contributed by atoms with Crippen LogP contribution in [0.2, 0.25) is 0 Å². The molecule has 3 N–H and O–H groups in total. The molecule has 0 spiro atoms. The van der Waals surface area contributed by atoms with E-state index in [0.29, 0.717) is 82.9 Å². The summed E-state index contributed by atoms with van der Waals surface area (Å²) >= 11 is 3.61. The number of hydrogen-bond acceptors (Lipinski definition) is 12. The molecule has 14 nitrogen and oxygen atoms in total. The highest BCUT2D eigenvalue weighted by molar-refractivity contribution is 9.10. The van der Waals surface area contributed by atoms with Crippen molar-refractivity contribution in [3.63, 3.8) is 0 Å². The van der Waals surface area contributed by atoms with Gasteiger partial charge in [0.2, 0.25) is 23.7 Å². The van der Waals surface area contributed by atoms with E-state index >= 15 is 8.78 Å². The molecule has 0 aliphatic carbocycles. The first kappa shape index (κ1) is 48.5. The quantitative estimate of drug-likeness (QED) is 0.0760. The third kappa shape index (κ3) is 10.4. The molecule has 364 valence electrons. The zero-order chi connectivity index (χ0) is 48.7. The van der Waals surface area contributed by atoms with Crippen molar-refractivity contribution in [3.8, 4) is 5.75 Å². The van der Waals surface area contributed by atoms with E-state index in [-0.39, 0.29) is 30.2 Å². The summed E-state index contributed by atoms with van der Waals surface area (Å²) in [5, 5.41) is 10.5. The van der Waals surface area contributed by atoms with Crippen molar-refractivity contribution in [1.82, 2.24) is 30.1 Å². The molecule has 3 amide bonds. The largest absolute Gasteiger partial charge is 0.494 e. The number of amides is 3. The standard InChI is InChI=1S/C51H59BrF2N9O5P/c1-6-31-24-42(58-51-55-26-37(52)49(60-51)57-41-11-10-40-35(8-7-29(2)56-40)48(41)69(4,5)67)44(68-3)25-43(31)61-19-15-34(16-20-61)63-27-30(28-63)21-46(65)62-17-13-32(14-18-62)33-22-38(53)47(39(54)23-33)36-9-12-45(64)59-50(36)66/h7-8,10-11,22-26,30,32,34,36H,6,9,12-21,27-28H2,1-5H3,(H,59,64,66)(H2,55,57,58,60). The molecule has 3 aromatic carbocycles. The number of ether oxygens (including phenoxy) is 1. The van der Waals surface area contributed by atoms with Crippen LogP contribution in [0.1, 0.15) is 86.1 Å². The van der Waals surface area contributed by atoms with Gasteiger partial charge in [0.05, 0.1) is 34.4 Å². The Kier molecular flexibility index (Phi) is 14.1. The first-order valence-corrected chi connectivity index (χ1v) is 27.3. The fourth-order valence-electron chi connectivity index (χ4n) is 10.7. The van der Waals surface area contributed by atoms with Gasteiger partial charge in [-0.25, -0.2) is 13.8 Å². The maximum atomic E-state index is 15.2. The number of imide groups is 1. The molecule has 6 heterocycles. The lowest BCUT2D eigenvalue weighted by molar-refractivity contribution is -0.135. The van der Waals surface area contributed by atoms with Crippen LogP contribution in [0.15, 0.2) is 59.2 Å². The molecule has 1 atom stereocenters. The van der Waals surface area contributed by atoms with Gasteiger partial charge in [0.25, 0.3) is 0 Å². The van der Waals surface area contributed by atoms with Gasteiger partial charge in [0, 0.05) is 98.1 Å². The first-order valence-electron chi connectivity index (χ1n) is 23.9. The number of pyridine rings is 1. The summed E-state index contributed by atoms with van der Waals surface area (Å²) in [6.45, 7) is 12.3. The molecule has 0 radical (unpaired) electrons. The van der Waals surface area contributed by atoms with Crippen LogP contribution in [0.4, 0.5) is 37.6 Å². The SMILES string of the molecule is CCc1cc(Nc2ncc(Br)c(Nc3ccc4nc(C)ccc4c3P(C)(C)=O)n2)c(OC)cc1N1CCC(N2CC(CC(=O)N3CCC(c4cc(F)c(C5CCC(=O)NC5=O)c(F)c4)CC3)C2)CC1. The molecular weight excluding hydrogens is 967 g/mol. The zero-order valence-electron chi connectivity index (χ0n) is 39.7. The molecule has 9 rings (SSSR count). The number of anilines is 5. The number of carbonyl (C=O) groups excluding carboxylic acids is 3. The smallest absolute Gasteiger partial charge is 0.234 e. The van der Waals surface area contributed by atoms with Crippen molar-refractivity contribution in [2.45, 2.75) is 83.1 Å². The number of likely N-dealkylation sites (tertiary alicyclic amines) is 2. The van der Waals surface area contributed by atoms with E-state index in [4.69, 9.17) is 9.72 Å². The maximum Gasteiger partial charge on any atom is 0.234 e. The lowest BCUT2D eigenvalue weighted by Gasteiger charge is -2.48. The third-order valence-corrected chi connectivity index (χ3v) is 16.5. The average Bonchev–Trinajstić information content (AvgIpc) is 3.31. The summed E-state index contributed by atoms with van der Waals surface area (Å²) in [4.78, 5) is 58.2. The van der Waals surface area contributed by atoms with Crippen molar-refractivity contribution < 1.29 is 32.5 Å². The number of fused-ring (bicyclic) bond motifs is 1. The van der Waals surface area contributed by atoms with Crippen molar-refractivity contribution >= 4 is 85.8 Å². The Hall–Kier alpha value is -5.51. The number of carbonyl (C=O) groups is 3. The number of nitrogens with one attached hydrogen (secondary N) is 3. The molecule has 69 heavy (non-hydrogen) atoms. The summed E-state index contributed by atoms with van der Waals surface area (Å²) < 4.78 is 50.7. The van der Waals surface area contributed by atoms with Crippen LogP contribution in [-0.2, 0) is 25.4 Å². The molecule has 4 saturated heterocycles. The van der Waals surface area contributed by atoms with Gasteiger partial charge in [-0.2, -0.15) is 4.98 Å². The minimum Gasteiger partial charge on any atom is -0.494 e. The normalized spacial score (nSPS) is 18.9. The molecule has 2 aromatic heterocycles. The van der Waals surface area contributed by atoms with E-state index in [0.717, 1.165) is 73.4 Å². The molecular formula is C51H59BrF2N9O5P. The minimum absolute atomic E-state index is 0.0434. The second kappa shape index (κ2) is 20.1. The zero-order valence-corrected chi connectivity index (χ0v) is 42.2. The number of rotatable bonds is 13. The highest BCUT2D eigenvalue weighted by Crippen LogP contribution is 2.43. The number of piperidine rings is 3. The summed E-state index contributed by atoms with van der Waals surface area (Å²) in [5.41, 5.74) is 5.69. The predicted molar refractivity (Wildman–Crippen MR) is 269 cm³/mol. The summed E-state index contributed by atoms with van der Waals surface area (Å²) in [6.07, 6.45) is 6.35. The van der Waals surface area contributed by atoms with Crippen molar-refractivity contribution in [1.29, 1.82) is 0 Å². The van der Waals surface area contributed by atoms with Crippen LogP contribution in [-0.4, -0.2) is 108 Å². The summed E-state index contributed by atoms with van der Waals surface area (Å²) in [6, 6.07) is 15.0. The Morgan fingerprint density at radius 2 is 1.65 bits per heavy atom. The highest BCUT2D eigenvalue weighted by atomic mass is 79.9. The lowest BCUT2D eigenvalue weighted by atomic mass is 9.85. The van der Waals surface area contributed by atoms with E-state index in [1.807, 2.05) is 36.1 Å². The Morgan fingerprint density at radius 1 is 0.928 bits per heavy atom. The fourth-order valence-corrected chi connectivity index (χ4v) is 12.5. The molecule has 0 saturated carbocycles. The number of aromatic nitrogens is 3. The van der Waals surface area contributed by atoms with Gasteiger partial charge < -0.3 is 29.7 Å². The van der Waals surface area contributed by atoms with E-state index in [1.54, 1.807) is 26.6 Å². The van der Waals surface area contributed by atoms with Gasteiger partial charge in [0.15, 0.2) is 0 Å². The number of halogens is 3. The topological polar surface area (TPSA) is 162 Å². The molecule has 1 unspecified atom stereocenters. The molecule has 18 heteroatoms. The highest BCUT2D eigenvalue weighted by Gasteiger charge is 2.38. The van der Waals surface area contributed by atoms with Crippen molar-refractivity contribution in [2.75, 3.05) is 75.2 Å². The lowest BCUT2D eigenvalue weighted by Crippen LogP contribution is -2.56. The number of aryl methyl sites for hydroxylation is 2. The monoisotopic (exact) mass is 1030 g/mol.